The van der Waals surface area contributed by atoms with E-state index in [2.05, 4.69) is 43.1 Å². The van der Waals surface area contributed by atoms with E-state index in [9.17, 15) is 0 Å². The van der Waals surface area contributed by atoms with E-state index < -0.39 is 0 Å². The van der Waals surface area contributed by atoms with E-state index in [4.69, 9.17) is 5.73 Å². The Morgan fingerprint density at radius 2 is 1.90 bits per heavy atom. The maximum Gasteiger partial charge on any atom is 0.139 e. The lowest BCUT2D eigenvalue weighted by molar-refractivity contribution is 0.734. The second-order valence-corrected chi connectivity index (χ2v) is 5.21. The molecule has 3 nitrogen and oxygen atoms in total. The Labute approximate surface area is 119 Å². The summed E-state index contributed by atoms with van der Waals surface area (Å²) in [7, 11) is 0. The summed E-state index contributed by atoms with van der Waals surface area (Å²) in [6.45, 7) is 4.45. The minimum Gasteiger partial charge on any atom is -0.383 e. The smallest absolute Gasteiger partial charge is 0.139 e. The molecule has 1 unspecified atom stereocenters. The number of hydrogen-bond acceptors (Lipinski definition) is 2. The van der Waals surface area contributed by atoms with Gasteiger partial charge >= 0.3 is 0 Å². The van der Waals surface area contributed by atoms with Crippen molar-refractivity contribution in [2.45, 2.75) is 26.2 Å². The van der Waals surface area contributed by atoms with Gasteiger partial charge in [0, 0.05) is 11.8 Å². The van der Waals surface area contributed by atoms with Gasteiger partial charge in [-0.25, -0.2) is 4.98 Å². The van der Waals surface area contributed by atoms with Crippen molar-refractivity contribution in [2.75, 3.05) is 5.73 Å². The maximum absolute atomic E-state index is 6.20. The van der Waals surface area contributed by atoms with Gasteiger partial charge in [-0.05, 0) is 30.0 Å². The predicted octanol–water partition coefficient (Wildman–Crippen LogP) is 4.10. The molecule has 2 N–H and O–H groups in total. The molecule has 0 fully saturated rings. The van der Waals surface area contributed by atoms with Crippen molar-refractivity contribution < 1.29 is 0 Å². The number of rotatable bonds is 3. The van der Waals surface area contributed by atoms with Crippen LogP contribution in [-0.2, 0) is 0 Å². The van der Waals surface area contributed by atoms with Crippen LogP contribution in [0.3, 0.4) is 0 Å². The van der Waals surface area contributed by atoms with Crippen molar-refractivity contribution in [3.8, 4) is 11.3 Å². The fraction of sp³-hybridized carbons (Fsp3) is 0.235. The number of aromatic nitrogens is 2. The van der Waals surface area contributed by atoms with Gasteiger partial charge in [-0.3, -0.25) is 4.40 Å². The minimum atomic E-state index is 0.586. The largest absolute Gasteiger partial charge is 0.383 e. The lowest BCUT2D eigenvalue weighted by atomic mass is 9.97. The molecule has 0 spiro atoms. The Balaban J connectivity index is 2.05. The third kappa shape index (κ3) is 2.05. The van der Waals surface area contributed by atoms with Gasteiger partial charge in [0.15, 0.2) is 0 Å². The molecule has 0 aliphatic carbocycles. The molecule has 20 heavy (non-hydrogen) atoms. The van der Waals surface area contributed by atoms with Gasteiger partial charge in [-0.2, -0.15) is 0 Å². The Bertz CT molecular complexity index is 726. The number of pyridine rings is 1. The molecule has 1 atom stereocenters. The number of hydrogen-bond donors (Lipinski definition) is 1. The van der Waals surface area contributed by atoms with Crippen LogP contribution in [0.4, 0.5) is 5.82 Å². The van der Waals surface area contributed by atoms with Gasteiger partial charge in [0.1, 0.15) is 17.2 Å². The van der Waals surface area contributed by atoms with Crippen LogP contribution < -0.4 is 5.73 Å². The van der Waals surface area contributed by atoms with Crippen LogP contribution in [-0.4, -0.2) is 9.38 Å². The summed E-state index contributed by atoms with van der Waals surface area (Å²) in [4.78, 5) is 4.62. The van der Waals surface area contributed by atoms with Gasteiger partial charge in [0.25, 0.3) is 0 Å². The summed E-state index contributed by atoms with van der Waals surface area (Å²) in [5, 5.41) is 0. The first-order valence-electron chi connectivity index (χ1n) is 7.03. The molecule has 0 aliphatic rings. The summed E-state index contributed by atoms with van der Waals surface area (Å²) >= 11 is 0. The molecule has 102 valence electrons. The van der Waals surface area contributed by atoms with Crippen molar-refractivity contribution in [3.63, 3.8) is 0 Å². The summed E-state index contributed by atoms with van der Waals surface area (Å²) < 4.78 is 1.91. The number of imidazole rings is 1. The van der Waals surface area contributed by atoms with Crippen molar-refractivity contribution >= 4 is 11.5 Å². The number of anilines is 1. The molecule has 0 radical (unpaired) electrons. The normalized spacial score (nSPS) is 12.7. The molecule has 0 amide bonds. The van der Waals surface area contributed by atoms with E-state index in [1.54, 1.807) is 0 Å². The molecule has 2 heterocycles. The van der Waals surface area contributed by atoms with Gasteiger partial charge in [0.2, 0.25) is 0 Å². The zero-order chi connectivity index (χ0) is 14.1. The van der Waals surface area contributed by atoms with Crippen LogP contribution in [0.15, 0.2) is 48.7 Å². The third-order valence-electron chi connectivity index (χ3n) is 3.93. The highest BCUT2D eigenvalue weighted by Crippen LogP contribution is 2.28. The lowest BCUT2D eigenvalue weighted by Crippen LogP contribution is -1.94. The molecule has 0 aliphatic heterocycles. The van der Waals surface area contributed by atoms with E-state index in [-0.39, 0.29) is 0 Å². The van der Waals surface area contributed by atoms with E-state index in [1.165, 1.54) is 5.56 Å². The van der Waals surface area contributed by atoms with Crippen LogP contribution in [0.1, 0.15) is 31.7 Å². The fourth-order valence-corrected chi connectivity index (χ4v) is 2.43. The van der Waals surface area contributed by atoms with Crippen molar-refractivity contribution in [2.24, 2.45) is 0 Å². The van der Waals surface area contributed by atoms with Crippen molar-refractivity contribution in [1.82, 2.24) is 9.38 Å². The molecule has 0 bridgehead atoms. The standard InChI is InChI=1S/C17H19N3/c1-3-12(2)13-7-9-14(10-8-13)16-17(18)20-11-5-4-6-15(20)19-16/h4-12H,3,18H2,1-2H3. The molecule has 0 saturated carbocycles. The highest BCUT2D eigenvalue weighted by atomic mass is 15.1. The summed E-state index contributed by atoms with van der Waals surface area (Å²) in [5.74, 6) is 1.28. The number of nitrogens with zero attached hydrogens (tertiary/aromatic N) is 2. The highest BCUT2D eigenvalue weighted by Gasteiger charge is 2.11. The monoisotopic (exact) mass is 265 g/mol. The third-order valence-corrected chi connectivity index (χ3v) is 3.93. The van der Waals surface area contributed by atoms with Crippen molar-refractivity contribution in [1.29, 1.82) is 0 Å². The first-order valence-corrected chi connectivity index (χ1v) is 7.03. The molecular formula is C17H19N3. The molecule has 3 aromatic rings. The van der Waals surface area contributed by atoms with Crippen LogP contribution >= 0.6 is 0 Å². The summed E-state index contributed by atoms with van der Waals surface area (Å²) in [6, 6.07) is 14.5. The van der Waals surface area contributed by atoms with Gasteiger partial charge in [-0.15, -0.1) is 0 Å². The lowest BCUT2D eigenvalue weighted by Gasteiger charge is -2.09. The van der Waals surface area contributed by atoms with Crippen LogP contribution in [0, 0.1) is 0 Å². The predicted molar refractivity (Wildman–Crippen MR) is 83.7 cm³/mol. The molecular weight excluding hydrogens is 246 g/mol. The number of benzene rings is 1. The summed E-state index contributed by atoms with van der Waals surface area (Å²) in [6.07, 6.45) is 3.09. The summed E-state index contributed by atoms with van der Waals surface area (Å²) in [5.41, 5.74) is 10.4. The SMILES string of the molecule is CCC(C)c1ccc(-c2nc3ccccn3c2N)cc1. The second kappa shape index (κ2) is 5.00. The van der Waals surface area contributed by atoms with Gasteiger partial charge in [0.05, 0.1) is 0 Å². The number of nitrogens with two attached hydrogens (primary N) is 1. The average Bonchev–Trinajstić information content (AvgIpc) is 2.84. The van der Waals surface area contributed by atoms with Gasteiger partial charge < -0.3 is 5.73 Å². The van der Waals surface area contributed by atoms with E-state index in [0.717, 1.165) is 23.3 Å². The molecule has 3 rings (SSSR count). The first kappa shape index (κ1) is 12.7. The van der Waals surface area contributed by atoms with Crippen molar-refractivity contribution in [3.05, 3.63) is 54.2 Å². The Kier molecular flexibility index (Phi) is 3.18. The van der Waals surface area contributed by atoms with E-state index >= 15 is 0 Å². The Hall–Kier alpha value is -2.29. The van der Waals surface area contributed by atoms with Crippen LogP contribution in [0.25, 0.3) is 16.9 Å². The second-order valence-electron chi connectivity index (χ2n) is 5.21. The zero-order valence-electron chi connectivity index (χ0n) is 11.9. The van der Waals surface area contributed by atoms with Gasteiger partial charge in [-0.1, -0.05) is 44.2 Å². The number of nitrogen functional groups attached to an aromatic ring is 1. The zero-order valence-corrected chi connectivity index (χ0v) is 11.9. The average molecular weight is 265 g/mol. The van der Waals surface area contributed by atoms with Crippen LogP contribution in [0.2, 0.25) is 0 Å². The molecule has 0 saturated heterocycles. The number of fused-ring (bicyclic) bond motifs is 1. The quantitative estimate of drug-likeness (QED) is 0.775. The topological polar surface area (TPSA) is 43.3 Å². The highest BCUT2D eigenvalue weighted by molar-refractivity contribution is 5.75. The van der Waals surface area contributed by atoms with E-state index in [1.807, 2.05) is 28.8 Å². The fourth-order valence-electron chi connectivity index (χ4n) is 2.43. The Morgan fingerprint density at radius 1 is 1.15 bits per heavy atom. The first-order chi connectivity index (χ1) is 9.70. The molecule has 2 aromatic heterocycles. The molecule has 1 aromatic carbocycles. The molecule has 3 heteroatoms. The van der Waals surface area contributed by atoms with E-state index in [0.29, 0.717) is 11.7 Å². The minimum absolute atomic E-state index is 0.586. The maximum atomic E-state index is 6.20. The van der Waals surface area contributed by atoms with Crippen LogP contribution in [0.5, 0.6) is 0 Å². The Morgan fingerprint density at radius 3 is 2.55 bits per heavy atom.